The third-order valence-electron chi connectivity index (χ3n) is 2.52. The minimum absolute atomic E-state index is 0.265. The molecule has 1 aromatic carbocycles. The van der Waals surface area contributed by atoms with Crippen LogP contribution in [0, 0.1) is 11.6 Å². The maximum absolute atomic E-state index is 13.0. The van der Waals surface area contributed by atoms with Gasteiger partial charge in [-0.2, -0.15) is 0 Å². The van der Waals surface area contributed by atoms with E-state index in [1.54, 1.807) is 11.6 Å². The predicted octanol–water partition coefficient (Wildman–Crippen LogP) is 2.42. The fraction of sp³-hybridized carbons (Fsp3) is 0.273. The van der Waals surface area contributed by atoms with Crippen LogP contribution in [0.4, 0.5) is 8.78 Å². The molecule has 0 aliphatic heterocycles. The molecule has 1 aromatic heterocycles. The van der Waals surface area contributed by atoms with Gasteiger partial charge in [0.1, 0.15) is 11.6 Å². The zero-order valence-electron chi connectivity index (χ0n) is 9.12. The Labute approximate surface area is 102 Å². The second-order valence-corrected chi connectivity index (χ2v) is 3.92. The van der Waals surface area contributed by atoms with E-state index in [9.17, 15) is 8.78 Å². The van der Waals surface area contributed by atoms with Crippen molar-refractivity contribution in [3.8, 4) is 0 Å². The van der Waals surface area contributed by atoms with E-state index in [4.69, 9.17) is 11.6 Å². The Bertz CT molecular complexity index is 540. The van der Waals surface area contributed by atoms with Gasteiger partial charge in [0.2, 0.25) is 0 Å². The van der Waals surface area contributed by atoms with Crippen molar-refractivity contribution in [2.45, 2.75) is 12.3 Å². The van der Waals surface area contributed by atoms with Gasteiger partial charge in [0.25, 0.3) is 0 Å². The van der Waals surface area contributed by atoms with Crippen LogP contribution < -0.4 is 0 Å². The van der Waals surface area contributed by atoms with Crippen molar-refractivity contribution in [2.24, 2.45) is 7.05 Å². The lowest BCUT2D eigenvalue weighted by Crippen LogP contribution is -2.02. The summed E-state index contributed by atoms with van der Waals surface area (Å²) >= 11 is 5.66. The minimum Gasteiger partial charge on any atom is -0.317 e. The average molecular weight is 258 g/mol. The van der Waals surface area contributed by atoms with Crippen LogP contribution in [0.3, 0.4) is 0 Å². The van der Waals surface area contributed by atoms with Crippen molar-refractivity contribution >= 4 is 11.6 Å². The van der Waals surface area contributed by atoms with Crippen molar-refractivity contribution in [1.82, 2.24) is 14.8 Å². The Hall–Kier alpha value is -1.49. The van der Waals surface area contributed by atoms with E-state index in [0.29, 0.717) is 23.6 Å². The van der Waals surface area contributed by atoms with Crippen LogP contribution in [-0.4, -0.2) is 14.8 Å². The Morgan fingerprint density at radius 3 is 2.47 bits per heavy atom. The van der Waals surface area contributed by atoms with Gasteiger partial charge in [0, 0.05) is 13.5 Å². The first kappa shape index (κ1) is 12.0. The first-order valence-corrected chi connectivity index (χ1v) is 5.52. The molecule has 0 amide bonds. The molecule has 6 heteroatoms. The molecule has 0 fully saturated rings. The number of halogens is 3. The maximum atomic E-state index is 13.0. The normalized spacial score (nSPS) is 10.8. The van der Waals surface area contributed by atoms with E-state index in [0.717, 1.165) is 12.1 Å². The summed E-state index contributed by atoms with van der Waals surface area (Å²) in [5.41, 5.74) is 0.639. The molecule has 0 N–H and O–H groups in total. The summed E-state index contributed by atoms with van der Waals surface area (Å²) in [4.78, 5) is 0. The van der Waals surface area contributed by atoms with Crippen LogP contribution >= 0.6 is 11.6 Å². The number of alkyl halides is 1. The van der Waals surface area contributed by atoms with E-state index in [-0.39, 0.29) is 5.88 Å². The molecule has 90 valence electrons. The first-order chi connectivity index (χ1) is 8.11. The summed E-state index contributed by atoms with van der Waals surface area (Å²) in [5, 5.41) is 7.83. The summed E-state index contributed by atoms with van der Waals surface area (Å²) < 4.78 is 27.5. The van der Waals surface area contributed by atoms with Gasteiger partial charge in [-0.3, -0.25) is 0 Å². The number of benzene rings is 1. The van der Waals surface area contributed by atoms with Gasteiger partial charge < -0.3 is 4.57 Å². The molecule has 0 aliphatic rings. The van der Waals surface area contributed by atoms with E-state index in [2.05, 4.69) is 10.2 Å². The molecule has 0 atom stereocenters. The second-order valence-electron chi connectivity index (χ2n) is 3.65. The van der Waals surface area contributed by atoms with Crippen LogP contribution in [-0.2, 0) is 19.3 Å². The van der Waals surface area contributed by atoms with Crippen molar-refractivity contribution in [2.75, 3.05) is 0 Å². The number of hydrogen-bond acceptors (Lipinski definition) is 2. The molecule has 1 heterocycles. The molecule has 0 aliphatic carbocycles. The van der Waals surface area contributed by atoms with Gasteiger partial charge in [0.15, 0.2) is 11.6 Å². The van der Waals surface area contributed by atoms with Crippen LogP contribution in [0.15, 0.2) is 18.2 Å². The molecule has 0 saturated heterocycles. The van der Waals surface area contributed by atoms with Gasteiger partial charge in [-0.1, -0.05) is 6.07 Å². The van der Waals surface area contributed by atoms with Crippen LogP contribution in [0.25, 0.3) is 0 Å². The molecule has 2 aromatic rings. The maximum Gasteiger partial charge on any atom is 0.159 e. The van der Waals surface area contributed by atoms with Crippen molar-refractivity contribution < 1.29 is 8.78 Å². The highest BCUT2D eigenvalue weighted by molar-refractivity contribution is 6.16. The molecular weight excluding hydrogens is 248 g/mol. The number of hydrogen-bond donors (Lipinski definition) is 0. The van der Waals surface area contributed by atoms with Gasteiger partial charge in [-0.15, -0.1) is 21.8 Å². The monoisotopic (exact) mass is 257 g/mol. The Balaban J connectivity index is 2.25. The molecule has 0 saturated carbocycles. The lowest BCUT2D eigenvalue weighted by Gasteiger charge is -2.03. The van der Waals surface area contributed by atoms with Crippen molar-refractivity contribution in [3.63, 3.8) is 0 Å². The molecular formula is C11H10ClF2N3. The highest BCUT2D eigenvalue weighted by Gasteiger charge is 2.09. The lowest BCUT2D eigenvalue weighted by molar-refractivity contribution is 0.507. The van der Waals surface area contributed by atoms with Crippen molar-refractivity contribution in [1.29, 1.82) is 0 Å². The van der Waals surface area contributed by atoms with Crippen molar-refractivity contribution in [3.05, 3.63) is 47.0 Å². The number of nitrogens with zero attached hydrogens (tertiary/aromatic N) is 3. The third kappa shape index (κ3) is 2.44. The van der Waals surface area contributed by atoms with Crippen LogP contribution in [0.1, 0.15) is 17.2 Å². The van der Waals surface area contributed by atoms with E-state index in [1.165, 1.54) is 6.07 Å². The Morgan fingerprint density at radius 2 is 1.88 bits per heavy atom. The molecule has 17 heavy (non-hydrogen) atoms. The molecule has 0 bridgehead atoms. The molecule has 3 nitrogen and oxygen atoms in total. The van der Waals surface area contributed by atoms with E-state index in [1.807, 2.05) is 0 Å². The summed E-state index contributed by atoms with van der Waals surface area (Å²) in [5.74, 6) is -0.146. The number of rotatable bonds is 3. The summed E-state index contributed by atoms with van der Waals surface area (Å²) in [6.07, 6.45) is 0.386. The van der Waals surface area contributed by atoms with Crippen LogP contribution in [0.2, 0.25) is 0 Å². The van der Waals surface area contributed by atoms with E-state index < -0.39 is 11.6 Å². The lowest BCUT2D eigenvalue weighted by atomic mass is 10.1. The topological polar surface area (TPSA) is 30.7 Å². The largest absolute Gasteiger partial charge is 0.317 e. The highest BCUT2D eigenvalue weighted by atomic mass is 35.5. The first-order valence-electron chi connectivity index (χ1n) is 4.99. The van der Waals surface area contributed by atoms with Gasteiger partial charge in [-0.25, -0.2) is 8.78 Å². The van der Waals surface area contributed by atoms with Crippen LogP contribution in [0.5, 0.6) is 0 Å². The highest BCUT2D eigenvalue weighted by Crippen LogP contribution is 2.13. The fourth-order valence-electron chi connectivity index (χ4n) is 1.50. The third-order valence-corrected chi connectivity index (χ3v) is 2.76. The molecule has 0 radical (unpaired) electrons. The smallest absolute Gasteiger partial charge is 0.159 e. The SMILES string of the molecule is Cn1c(CCl)nnc1Cc1ccc(F)c(F)c1. The van der Waals surface area contributed by atoms with E-state index >= 15 is 0 Å². The zero-order valence-corrected chi connectivity index (χ0v) is 9.88. The quantitative estimate of drug-likeness (QED) is 0.791. The Kier molecular flexibility index (Phi) is 3.38. The number of aromatic nitrogens is 3. The predicted molar refractivity (Wildman–Crippen MR) is 59.7 cm³/mol. The molecule has 2 rings (SSSR count). The minimum atomic E-state index is -0.859. The van der Waals surface area contributed by atoms with Gasteiger partial charge in [-0.05, 0) is 17.7 Å². The summed E-state index contributed by atoms with van der Waals surface area (Å²) in [7, 11) is 1.78. The van der Waals surface area contributed by atoms with Gasteiger partial charge in [0.05, 0.1) is 5.88 Å². The van der Waals surface area contributed by atoms with Gasteiger partial charge >= 0.3 is 0 Å². The Morgan fingerprint density at radius 1 is 1.18 bits per heavy atom. The molecule has 0 spiro atoms. The second kappa shape index (κ2) is 4.79. The standard InChI is InChI=1S/C11H10ClF2N3/c1-17-10(15-16-11(17)6-12)5-7-2-3-8(13)9(14)4-7/h2-4H,5-6H2,1H3. The zero-order chi connectivity index (χ0) is 12.4. The summed E-state index contributed by atoms with van der Waals surface area (Å²) in [6, 6.07) is 3.78. The summed E-state index contributed by atoms with van der Waals surface area (Å²) in [6.45, 7) is 0. The fourth-order valence-corrected chi connectivity index (χ4v) is 1.73. The average Bonchev–Trinajstić information content (AvgIpc) is 2.65. The molecule has 0 unspecified atom stereocenters.